The smallest absolute Gasteiger partial charge is 0.0413 e. The van der Waals surface area contributed by atoms with E-state index in [0.717, 1.165) is 5.92 Å². The molecule has 1 saturated carbocycles. The molecule has 1 aliphatic rings. The van der Waals surface area contributed by atoms with Gasteiger partial charge in [-0.3, -0.25) is 4.98 Å². The second-order valence-corrected chi connectivity index (χ2v) is 5.36. The molecule has 0 amide bonds. The zero-order valence-electron chi connectivity index (χ0n) is 10.6. The number of aromatic nitrogens is 1. The number of rotatable bonds is 1. The molecule has 1 unspecified atom stereocenters. The van der Waals surface area contributed by atoms with E-state index in [0.29, 0.717) is 5.92 Å². The summed E-state index contributed by atoms with van der Waals surface area (Å²) in [7, 11) is 0. The Morgan fingerprint density at radius 3 is 2.76 bits per heavy atom. The molecule has 0 N–H and O–H groups in total. The lowest BCUT2D eigenvalue weighted by Gasteiger charge is -2.20. The number of nitrogens with zero attached hydrogens (tertiary/aromatic N) is 1. The van der Waals surface area contributed by atoms with Gasteiger partial charge in [0.25, 0.3) is 0 Å². The van der Waals surface area contributed by atoms with Gasteiger partial charge >= 0.3 is 0 Å². The Balaban J connectivity index is 2.23. The highest BCUT2D eigenvalue weighted by atomic mass is 14.7. The van der Waals surface area contributed by atoms with Gasteiger partial charge in [0.15, 0.2) is 0 Å². The first-order valence-electron chi connectivity index (χ1n) is 6.61. The Morgan fingerprint density at radius 1 is 1.18 bits per heavy atom. The quantitative estimate of drug-likeness (QED) is 0.699. The van der Waals surface area contributed by atoms with E-state index in [9.17, 15) is 0 Å². The van der Waals surface area contributed by atoms with Crippen molar-refractivity contribution in [2.45, 2.75) is 39.0 Å². The van der Waals surface area contributed by atoms with Gasteiger partial charge in [0.2, 0.25) is 0 Å². The van der Waals surface area contributed by atoms with Crippen molar-refractivity contribution < 1.29 is 0 Å². The molecule has 1 aromatic carbocycles. The van der Waals surface area contributed by atoms with Gasteiger partial charge in [-0.05, 0) is 36.1 Å². The first-order chi connectivity index (χ1) is 8.27. The van der Waals surface area contributed by atoms with Crippen LogP contribution < -0.4 is 0 Å². The van der Waals surface area contributed by atoms with E-state index < -0.39 is 0 Å². The Kier molecular flexibility index (Phi) is 2.62. The Morgan fingerprint density at radius 2 is 2.00 bits per heavy atom. The van der Waals surface area contributed by atoms with E-state index >= 15 is 0 Å². The van der Waals surface area contributed by atoms with Gasteiger partial charge in [0, 0.05) is 17.3 Å². The summed E-state index contributed by atoms with van der Waals surface area (Å²) in [5, 5.41) is 2.70. The summed E-state index contributed by atoms with van der Waals surface area (Å²) < 4.78 is 0. The van der Waals surface area contributed by atoms with Crippen LogP contribution in [0.1, 0.15) is 43.4 Å². The summed E-state index contributed by atoms with van der Waals surface area (Å²) in [5.41, 5.74) is 2.73. The third kappa shape index (κ3) is 1.74. The number of hydrogen-bond acceptors (Lipinski definition) is 1. The molecule has 1 heterocycles. The molecule has 2 aromatic rings. The van der Waals surface area contributed by atoms with Crippen LogP contribution in [0.25, 0.3) is 10.8 Å². The van der Waals surface area contributed by atoms with Crippen molar-refractivity contribution in [3.05, 3.63) is 41.7 Å². The third-order valence-corrected chi connectivity index (χ3v) is 4.27. The standard InChI is InChI=1S/C16H19N/c1-11-6-5-9-14(11)16-12(2)17-10-13-7-3-4-8-15(13)16/h3-4,7-8,10-11,14H,5-6,9H2,1-2H3/t11-,14?/m1/s1. The van der Waals surface area contributed by atoms with Gasteiger partial charge in [0.05, 0.1) is 0 Å². The van der Waals surface area contributed by atoms with Gasteiger partial charge in [0.1, 0.15) is 0 Å². The van der Waals surface area contributed by atoms with Gasteiger partial charge in [-0.2, -0.15) is 0 Å². The van der Waals surface area contributed by atoms with Crippen LogP contribution in [-0.2, 0) is 0 Å². The van der Waals surface area contributed by atoms with Crippen molar-refractivity contribution in [3.63, 3.8) is 0 Å². The molecule has 17 heavy (non-hydrogen) atoms. The molecule has 0 saturated heterocycles. The van der Waals surface area contributed by atoms with Crippen LogP contribution in [-0.4, -0.2) is 4.98 Å². The number of aryl methyl sites for hydroxylation is 1. The summed E-state index contributed by atoms with van der Waals surface area (Å²) in [6.07, 6.45) is 6.08. The highest BCUT2D eigenvalue weighted by Crippen LogP contribution is 2.42. The molecule has 0 aliphatic heterocycles. The zero-order chi connectivity index (χ0) is 11.8. The predicted octanol–water partition coefficient (Wildman–Crippen LogP) is 4.45. The van der Waals surface area contributed by atoms with E-state index in [2.05, 4.69) is 43.1 Å². The highest BCUT2D eigenvalue weighted by Gasteiger charge is 2.27. The average molecular weight is 225 g/mol. The van der Waals surface area contributed by atoms with Gasteiger partial charge < -0.3 is 0 Å². The molecule has 1 aliphatic carbocycles. The molecule has 88 valence electrons. The summed E-state index contributed by atoms with van der Waals surface area (Å²) >= 11 is 0. The van der Waals surface area contributed by atoms with Crippen LogP contribution in [0.3, 0.4) is 0 Å². The lowest BCUT2D eigenvalue weighted by molar-refractivity contribution is 0.532. The van der Waals surface area contributed by atoms with Crippen LogP contribution >= 0.6 is 0 Å². The summed E-state index contributed by atoms with van der Waals surface area (Å²) in [5.74, 6) is 1.52. The topological polar surface area (TPSA) is 12.9 Å². The summed E-state index contributed by atoms with van der Waals surface area (Å²) in [6.45, 7) is 4.55. The van der Waals surface area contributed by atoms with Crippen LogP contribution in [0, 0.1) is 12.8 Å². The number of fused-ring (bicyclic) bond motifs is 1. The lowest BCUT2D eigenvalue weighted by Crippen LogP contribution is -2.06. The number of pyridine rings is 1. The SMILES string of the molecule is Cc1ncc2ccccc2c1C1CCC[C@H]1C. The average Bonchev–Trinajstić information content (AvgIpc) is 2.75. The van der Waals surface area contributed by atoms with Crippen LogP contribution in [0.2, 0.25) is 0 Å². The fraction of sp³-hybridized carbons (Fsp3) is 0.438. The van der Waals surface area contributed by atoms with Crippen LogP contribution in [0.15, 0.2) is 30.5 Å². The molecule has 1 nitrogen and oxygen atoms in total. The molecular formula is C16H19N. The number of hydrogen-bond donors (Lipinski definition) is 0. The van der Waals surface area contributed by atoms with Crippen molar-refractivity contribution in [1.82, 2.24) is 4.98 Å². The van der Waals surface area contributed by atoms with E-state index in [1.54, 1.807) is 0 Å². The van der Waals surface area contributed by atoms with Crippen molar-refractivity contribution in [3.8, 4) is 0 Å². The second-order valence-electron chi connectivity index (χ2n) is 5.36. The Bertz CT molecular complexity index is 544. The van der Waals surface area contributed by atoms with Crippen molar-refractivity contribution in [2.24, 2.45) is 5.92 Å². The van der Waals surface area contributed by atoms with Crippen LogP contribution in [0.4, 0.5) is 0 Å². The Labute approximate surface area is 103 Å². The molecule has 0 spiro atoms. The minimum Gasteiger partial charge on any atom is -0.261 e. The van der Waals surface area contributed by atoms with Gasteiger partial charge in [-0.15, -0.1) is 0 Å². The van der Waals surface area contributed by atoms with E-state index in [4.69, 9.17) is 0 Å². The maximum absolute atomic E-state index is 4.59. The fourth-order valence-corrected chi connectivity index (χ4v) is 3.33. The molecule has 0 radical (unpaired) electrons. The molecule has 1 heteroatoms. The molecule has 0 bridgehead atoms. The number of benzene rings is 1. The Hall–Kier alpha value is -1.37. The van der Waals surface area contributed by atoms with Crippen molar-refractivity contribution in [2.75, 3.05) is 0 Å². The zero-order valence-corrected chi connectivity index (χ0v) is 10.6. The van der Waals surface area contributed by atoms with Gasteiger partial charge in [-0.25, -0.2) is 0 Å². The van der Waals surface area contributed by atoms with E-state index in [1.165, 1.54) is 41.3 Å². The first-order valence-corrected chi connectivity index (χ1v) is 6.61. The first kappa shape index (κ1) is 10.8. The molecule has 1 aromatic heterocycles. The lowest BCUT2D eigenvalue weighted by atomic mass is 9.86. The highest BCUT2D eigenvalue weighted by molar-refractivity contribution is 5.86. The minimum absolute atomic E-state index is 0.716. The maximum Gasteiger partial charge on any atom is 0.0413 e. The molecular weight excluding hydrogens is 206 g/mol. The predicted molar refractivity (Wildman–Crippen MR) is 72.2 cm³/mol. The summed E-state index contributed by atoms with van der Waals surface area (Å²) in [6, 6.07) is 8.67. The normalized spacial score (nSPS) is 24.4. The monoisotopic (exact) mass is 225 g/mol. The van der Waals surface area contributed by atoms with Crippen molar-refractivity contribution >= 4 is 10.8 Å². The molecule has 3 rings (SSSR count). The van der Waals surface area contributed by atoms with Gasteiger partial charge in [-0.1, -0.05) is 44.0 Å². The maximum atomic E-state index is 4.59. The van der Waals surface area contributed by atoms with Crippen molar-refractivity contribution in [1.29, 1.82) is 0 Å². The van der Waals surface area contributed by atoms with E-state index in [1.807, 2.05) is 6.20 Å². The minimum atomic E-state index is 0.716. The summed E-state index contributed by atoms with van der Waals surface area (Å²) in [4.78, 5) is 4.59. The largest absolute Gasteiger partial charge is 0.261 e. The molecule has 1 fully saturated rings. The second kappa shape index (κ2) is 4.14. The fourth-order valence-electron chi connectivity index (χ4n) is 3.33. The van der Waals surface area contributed by atoms with Crippen LogP contribution in [0.5, 0.6) is 0 Å². The molecule has 2 atom stereocenters. The third-order valence-electron chi connectivity index (χ3n) is 4.27. The van der Waals surface area contributed by atoms with E-state index in [-0.39, 0.29) is 0 Å².